The van der Waals surface area contributed by atoms with E-state index >= 15 is 0 Å². The van der Waals surface area contributed by atoms with E-state index in [2.05, 4.69) is 29.3 Å². The van der Waals surface area contributed by atoms with Crippen LogP contribution in [0.5, 0.6) is 5.75 Å². The molecular formula is C30H40N2O. The molecule has 0 unspecified atom stereocenters. The first kappa shape index (κ1) is 25.0. The number of aryl methyl sites for hydroxylation is 1. The summed E-state index contributed by atoms with van der Waals surface area (Å²) < 4.78 is 0. The molecule has 0 aliphatic carbocycles. The van der Waals surface area contributed by atoms with Gasteiger partial charge < -0.3 is 5.11 Å². The predicted octanol–water partition coefficient (Wildman–Crippen LogP) is 10.2. The van der Waals surface area contributed by atoms with Crippen molar-refractivity contribution in [3.8, 4) is 5.75 Å². The highest BCUT2D eigenvalue weighted by atomic mass is 16.3. The lowest BCUT2D eigenvalue weighted by molar-refractivity contribution is 0.477. The van der Waals surface area contributed by atoms with Gasteiger partial charge in [-0.2, -0.15) is 5.11 Å². The van der Waals surface area contributed by atoms with Gasteiger partial charge in [-0.25, -0.2) is 0 Å². The van der Waals surface area contributed by atoms with Crippen molar-refractivity contribution >= 4 is 22.1 Å². The van der Waals surface area contributed by atoms with Crippen molar-refractivity contribution in [1.82, 2.24) is 0 Å². The Morgan fingerprint density at radius 2 is 1.21 bits per heavy atom. The van der Waals surface area contributed by atoms with Crippen LogP contribution in [0.3, 0.4) is 0 Å². The Kier molecular flexibility index (Phi) is 10.9. The van der Waals surface area contributed by atoms with Crippen molar-refractivity contribution in [2.75, 3.05) is 0 Å². The molecule has 0 fully saturated rings. The highest BCUT2D eigenvalue weighted by Gasteiger charge is 2.05. The lowest BCUT2D eigenvalue weighted by Crippen LogP contribution is -1.86. The molecule has 0 aliphatic heterocycles. The summed E-state index contributed by atoms with van der Waals surface area (Å²) in [5.74, 6) is 0.154. The minimum absolute atomic E-state index is 0.154. The first-order valence-corrected chi connectivity index (χ1v) is 13.0. The molecule has 176 valence electrons. The third kappa shape index (κ3) is 8.64. The summed E-state index contributed by atoms with van der Waals surface area (Å²) in [7, 11) is 0. The number of phenols is 1. The third-order valence-corrected chi connectivity index (χ3v) is 6.40. The summed E-state index contributed by atoms with van der Waals surface area (Å²) in [6.45, 7) is 2.28. The number of unbranched alkanes of at least 4 members (excludes halogenated alkanes) is 11. The molecule has 0 aromatic heterocycles. The van der Waals surface area contributed by atoms with Gasteiger partial charge in [0.1, 0.15) is 11.4 Å². The minimum atomic E-state index is 0.154. The number of hydrogen-bond acceptors (Lipinski definition) is 3. The fourth-order valence-electron chi connectivity index (χ4n) is 4.36. The van der Waals surface area contributed by atoms with Crippen LogP contribution in [-0.2, 0) is 6.42 Å². The molecule has 3 heteroatoms. The second-order valence-corrected chi connectivity index (χ2v) is 9.16. The van der Waals surface area contributed by atoms with E-state index < -0.39 is 0 Å². The minimum Gasteiger partial charge on any atom is -0.506 e. The molecule has 0 amide bonds. The molecule has 0 spiro atoms. The quantitative estimate of drug-likeness (QED) is 0.184. The largest absolute Gasteiger partial charge is 0.506 e. The molecule has 3 nitrogen and oxygen atoms in total. The first-order valence-electron chi connectivity index (χ1n) is 13.0. The van der Waals surface area contributed by atoms with E-state index in [0.717, 1.165) is 22.9 Å². The highest BCUT2D eigenvalue weighted by molar-refractivity contribution is 5.95. The third-order valence-electron chi connectivity index (χ3n) is 6.40. The Labute approximate surface area is 200 Å². The number of hydrogen-bond donors (Lipinski definition) is 1. The molecule has 0 saturated carbocycles. The first-order chi connectivity index (χ1) is 16.3. The van der Waals surface area contributed by atoms with E-state index in [-0.39, 0.29) is 5.75 Å². The zero-order chi connectivity index (χ0) is 23.1. The highest BCUT2D eigenvalue weighted by Crippen LogP contribution is 2.36. The second kappa shape index (κ2) is 14.5. The Morgan fingerprint density at radius 1 is 0.606 bits per heavy atom. The van der Waals surface area contributed by atoms with Gasteiger partial charge in [0.05, 0.1) is 5.69 Å². The topological polar surface area (TPSA) is 45.0 Å². The number of phenolic OH excluding ortho intramolecular Hbond substituents is 1. The fourth-order valence-corrected chi connectivity index (χ4v) is 4.36. The van der Waals surface area contributed by atoms with Crippen LogP contribution >= 0.6 is 0 Å². The van der Waals surface area contributed by atoms with Crippen molar-refractivity contribution in [2.45, 2.75) is 90.4 Å². The fraction of sp³-hybridized carbons (Fsp3) is 0.467. The molecule has 33 heavy (non-hydrogen) atoms. The van der Waals surface area contributed by atoms with Gasteiger partial charge in [-0.3, -0.25) is 0 Å². The van der Waals surface area contributed by atoms with Gasteiger partial charge in [0, 0.05) is 5.39 Å². The van der Waals surface area contributed by atoms with Gasteiger partial charge in [-0.15, -0.1) is 5.11 Å². The molecule has 0 bridgehead atoms. The molecule has 0 atom stereocenters. The van der Waals surface area contributed by atoms with Crippen LogP contribution in [0.4, 0.5) is 11.4 Å². The van der Waals surface area contributed by atoms with Crippen LogP contribution in [-0.4, -0.2) is 5.11 Å². The van der Waals surface area contributed by atoms with Gasteiger partial charge in [0.15, 0.2) is 0 Å². The molecular weight excluding hydrogens is 404 g/mol. The average molecular weight is 445 g/mol. The predicted molar refractivity (Wildman–Crippen MR) is 141 cm³/mol. The zero-order valence-electron chi connectivity index (χ0n) is 20.3. The standard InChI is InChI=1S/C30H40N2O/c1-2-3-4-5-6-7-8-9-10-11-12-13-16-25-19-22-27(23-20-25)31-32-30-28-18-15-14-17-26(28)21-24-29(30)33/h14-15,17-24,33H,2-13,16H2,1H3. The Bertz CT molecular complexity index is 978. The summed E-state index contributed by atoms with van der Waals surface area (Å²) in [4.78, 5) is 0. The van der Waals surface area contributed by atoms with Crippen LogP contribution in [0, 0.1) is 0 Å². The summed E-state index contributed by atoms with van der Waals surface area (Å²) in [6.07, 6.45) is 17.7. The normalized spacial score (nSPS) is 11.5. The van der Waals surface area contributed by atoms with E-state index in [4.69, 9.17) is 0 Å². The zero-order valence-corrected chi connectivity index (χ0v) is 20.3. The van der Waals surface area contributed by atoms with Crippen molar-refractivity contribution < 1.29 is 5.11 Å². The van der Waals surface area contributed by atoms with Gasteiger partial charge in [-0.05, 0) is 42.0 Å². The van der Waals surface area contributed by atoms with Crippen LogP contribution in [0.2, 0.25) is 0 Å². The summed E-state index contributed by atoms with van der Waals surface area (Å²) in [5, 5.41) is 20.9. The van der Waals surface area contributed by atoms with E-state index in [0.29, 0.717) is 5.69 Å². The molecule has 0 heterocycles. The monoisotopic (exact) mass is 444 g/mol. The van der Waals surface area contributed by atoms with Gasteiger partial charge in [-0.1, -0.05) is 120 Å². The van der Waals surface area contributed by atoms with Crippen molar-refractivity contribution in [3.63, 3.8) is 0 Å². The van der Waals surface area contributed by atoms with E-state index in [9.17, 15) is 5.11 Å². The Balaban J connectivity index is 1.34. The molecule has 0 saturated heterocycles. The van der Waals surface area contributed by atoms with Crippen LogP contribution in [0.15, 0.2) is 70.9 Å². The molecule has 3 rings (SSSR count). The summed E-state index contributed by atoms with van der Waals surface area (Å²) in [5.41, 5.74) is 2.68. The van der Waals surface area contributed by atoms with Crippen molar-refractivity contribution in [1.29, 1.82) is 0 Å². The average Bonchev–Trinajstić information content (AvgIpc) is 2.85. The Morgan fingerprint density at radius 3 is 1.88 bits per heavy atom. The summed E-state index contributed by atoms with van der Waals surface area (Å²) >= 11 is 0. The molecule has 0 aliphatic rings. The molecule has 1 N–H and O–H groups in total. The number of fused-ring (bicyclic) bond motifs is 1. The number of rotatable bonds is 15. The van der Waals surface area contributed by atoms with Crippen molar-refractivity contribution in [3.05, 3.63) is 66.2 Å². The van der Waals surface area contributed by atoms with Crippen LogP contribution in [0.1, 0.15) is 89.5 Å². The van der Waals surface area contributed by atoms with Crippen LogP contribution in [0.25, 0.3) is 10.8 Å². The van der Waals surface area contributed by atoms with E-state index in [1.807, 2.05) is 42.5 Å². The Hall–Kier alpha value is -2.68. The van der Waals surface area contributed by atoms with Gasteiger partial charge in [0.2, 0.25) is 0 Å². The SMILES string of the molecule is CCCCCCCCCCCCCCc1ccc(N=Nc2c(O)ccc3ccccc23)cc1. The number of azo groups is 1. The number of nitrogens with zero attached hydrogens (tertiary/aromatic N) is 2. The second-order valence-electron chi connectivity index (χ2n) is 9.16. The number of benzene rings is 3. The molecule has 3 aromatic carbocycles. The molecule has 0 radical (unpaired) electrons. The summed E-state index contributed by atoms with van der Waals surface area (Å²) in [6, 6.07) is 19.8. The number of aromatic hydroxyl groups is 1. The maximum atomic E-state index is 10.2. The lowest BCUT2D eigenvalue weighted by Gasteiger charge is -2.04. The van der Waals surface area contributed by atoms with Crippen LogP contribution < -0.4 is 0 Å². The maximum Gasteiger partial charge on any atom is 0.143 e. The van der Waals surface area contributed by atoms with Gasteiger partial charge in [0.25, 0.3) is 0 Å². The van der Waals surface area contributed by atoms with E-state index in [1.54, 1.807) is 6.07 Å². The smallest absolute Gasteiger partial charge is 0.143 e. The maximum absolute atomic E-state index is 10.2. The van der Waals surface area contributed by atoms with Gasteiger partial charge >= 0.3 is 0 Å². The van der Waals surface area contributed by atoms with Crippen molar-refractivity contribution in [2.24, 2.45) is 10.2 Å². The van der Waals surface area contributed by atoms with E-state index in [1.165, 1.54) is 82.6 Å². The lowest BCUT2D eigenvalue weighted by atomic mass is 10.0. The molecule has 3 aromatic rings.